The highest BCUT2D eigenvalue weighted by Gasteiger charge is 2.35. The number of anilines is 6. The molecule has 0 unspecified atom stereocenters. The quantitative estimate of drug-likeness (QED) is 0.666. The third kappa shape index (κ3) is 2.27. The van der Waals surface area contributed by atoms with Gasteiger partial charge >= 0.3 is 0 Å². The van der Waals surface area contributed by atoms with Gasteiger partial charge < -0.3 is 19.6 Å². The third-order valence-electron chi connectivity index (χ3n) is 5.97. The summed E-state index contributed by atoms with van der Waals surface area (Å²) in [5.74, 6) is 2.04. The van der Waals surface area contributed by atoms with Gasteiger partial charge in [-0.3, -0.25) is 0 Å². The molecule has 2 aliphatic rings. The molecule has 2 aliphatic heterocycles. The topological polar surface area (TPSA) is 38.7 Å². The summed E-state index contributed by atoms with van der Waals surface area (Å²) in [7, 11) is 4.19. The van der Waals surface area contributed by atoms with Crippen molar-refractivity contribution in [3.8, 4) is 0 Å². The Hall–Kier alpha value is -3.28. The van der Waals surface area contributed by atoms with Crippen LogP contribution in [-0.4, -0.2) is 36.4 Å². The molecule has 3 aromatic rings. The molecule has 0 radical (unpaired) electrons. The smallest absolute Gasteiger partial charge is 0.153 e. The molecule has 0 saturated carbocycles. The van der Waals surface area contributed by atoms with Crippen LogP contribution in [0.2, 0.25) is 0 Å². The second-order valence-corrected chi connectivity index (χ2v) is 7.44. The molecule has 4 heterocycles. The van der Waals surface area contributed by atoms with Crippen molar-refractivity contribution in [2.24, 2.45) is 0 Å². The average Bonchev–Trinajstić information content (AvgIpc) is 3.13. The molecule has 1 aromatic carbocycles. The number of hydrogen-bond acceptors (Lipinski definition) is 6. The van der Waals surface area contributed by atoms with E-state index < -0.39 is 0 Å². The maximum absolute atomic E-state index is 4.58. The van der Waals surface area contributed by atoms with Gasteiger partial charge in [0.15, 0.2) is 11.6 Å². The van der Waals surface area contributed by atoms with E-state index in [0.29, 0.717) is 0 Å². The van der Waals surface area contributed by atoms with E-state index in [1.54, 1.807) is 0 Å². The molecule has 0 aliphatic carbocycles. The summed E-state index contributed by atoms with van der Waals surface area (Å²) in [6.07, 6.45) is 4.11. The number of nitrogens with zero attached hydrogens (tertiary/aromatic N) is 6. The summed E-state index contributed by atoms with van der Waals surface area (Å²) in [6.45, 7) is 4.42. The normalized spacial score (nSPS) is 20.6. The molecule has 2 aromatic heterocycles. The van der Waals surface area contributed by atoms with Gasteiger partial charge in [0.2, 0.25) is 0 Å². The van der Waals surface area contributed by atoms with Crippen molar-refractivity contribution in [3.63, 3.8) is 0 Å². The SMILES string of the molecule is C[C@@H]1N(C)c2ncccc2N1c1cccc(N2c3cccnc3N(C)[C@@H]2C)c1. The van der Waals surface area contributed by atoms with Gasteiger partial charge in [-0.15, -0.1) is 0 Å². The minimum absolute atomic E-state index is 0.202. The average molecular weight is 372 g/mol. The molecule has 28 heavy (non-hydrogen) atoms. The number of pyridine rings is 2. The molecule has 0 N–H and O–H groups in total. The predicted molar refractivity (Wildman–Crippen MR) is 115 cm³/mol. The third-order valence-corrected chi connectivity index (χ3v) is 5.97. The van der Waals surface area contributed by atoms with Crippen LogP contribution in [0.4, 0.5) is 34.4 Å². The second kappa shape index (κ2) is 6.12. The fourth-order valence-corrected chi connectivity index (χ4v) is 4.30. The van der Waals surface area contributed by atoms with Crippen molar-refractivity contribution < 1.29 is 0 Å². The monoisotopic (exact) mass is 372 g/mol. The van der Waals surface area contributed by atoms with Crippen LogP contribution in [0.25, 0.3) is 0 Å². The van der Waals surface area contributed by atoms with Gasteiger partial charge in [0, 0.05) is 37.9 Å². The molecule has 0 spiro atoms. The summed E-state index contributed by atoms with van der Waals surface area (Å²) < 4.78 is 0. The molecule has 6 heteroatoms. The molecule has 142 valence electrons. The van der Waals surface area contributed by atoms with Crippen molar-refractivity contribution in [2.75, 3.05) is 33.7 Å². The Labute approximate surface area is 165 Å². The van der Waals surface area contributed by atoms with Crippen LogP contribution in [0.5, 0.6) is 0 Å². The maximum atomic E-state index is 4.58. The van der Waals surface area contributed by atoms with Crippen LogP contribution in [-0.2, 0) is 0 Å². The lowest BCUT2D eigenvalue weighted by Gasteiger charge is -2.30. The lowest BCUT2D eigenvalue weighted by atomic mass is 10.2. The van der Waals surface area contributed by atoms with Crippen LogP contribution in [0, 0.1) is 0 Å². The molecular formula is C22H24N6. The van der Waals surface area contributed by atoms with E-state index >= 15 is 0 Å². The molecule has 0 saturated heterocycles. The van der Waals surface area contributed by atoms with Crippen molar-refractivity contribution in [1.82, 2.24) is 9.97 Å². The number of hydrogen-bond donors (Lipinski definition) is 0. The van der Waals surface area contributed by atoms with Gasteiger partial charge in [-0.2, -0.15) is 0 Å². The molecule has 0 fully saturated rings. The second-order valence-electron chi connectivity index (χ2n) is 7.44. The zero-order chi connectivity index (χ0) is 19.4. The van der Waals surface area contributed by atoms with Crippen LogP contribution in [0.3, 0.4) is 0 Å². The Morgan fingerprint density at radius 2 is 1.14 bits per heavy atom. The molecule has 0 amide bonds. The minimum Gasteiger partial charge on any atom is -0.337 e. The Balaban J connectivity index is 1.59. The molecule has 6 nitrogen and oxygen atoms in total. The standard InChI is InChI=1S/C22H24N6/c1-15-25(3)21-19(10-6-12-23-21)27(15)17-8-5-9-18(14-17)28-16(2)26(4)22-20(28)11-7-13-24-22/h5-16H,1-4H3/t15-,16+. The van der Waals surface area contributed by atoms with E-state index in [1.807, 2.05) is 24.5 Å². The first kappa shape index (κ1) is 16.9. The van der Waals surface area contributed by atoms with Gasteiger partial charge in [-0.1, -0.05) is 6.07 Å². The van der Waals surface area contributed by atoms with E-state index in [4.69, 9.17) is 0 Å². The van der Waals surface area contributed by atoms with Crippen molar-refractivity contribution in [3.05, 3.63) is 60.9 Å². The van der Waals surface area contributed by atoms with Gasteiger partial charge in [0.25, 0.3) is 0 Å². The Morgan fingerprint density at radius 1 is 0.679 bits per heavy atom. The minimum atomic E-state index is 0.202. The molecule has 0 bridgehead atoms. The van der Waals surface area contributed by atoms with Gasteiger partial charge in [-0.05, 0) is 56.3 Å². The van der Waals surface area contributed by atoms with Crippen molar-refractivity contribution in [2.45, 2.75) is 26.2 Å². The molecular weight excluding hydrogens is 348 g/mol. The first-order valence-electron chi connectivity index (χ1n) is 9.62. The summed E-state index contributed by atoms with van der Waals surface area (Å²) in [5, 5.41) is 0. The zero-order valence-electron chi connectivity index (χ0n) is 16.6. The largest absolute Gasteiger partial charge is 0.337 e. The Morgan fingerprint density at radius 3 is 1.61 bits per heavy atom. The summed E-state index contributed by atoms with van der Waals surface area (Å²) in [5.41, 5.74) is 4.61. The van der Waals surface area contributed by atoms with Gasteiger partial charge in [0.1, 0.15) is 12.3 Å². The van der Waals surface area contributed by atoms with Crippen molar-refractivity contribution >= 4 is 34.4 Å². The highest BCUT2D eigenvalue weighted by molar-refractivity contribution is 5.85. The van der Waals surface area contributed by atoms with Crippen LogP contribution in [0.15, 0.2) is 60.9 Å². The maximum Gasteiger partial charge on any atom is 0.153 e. The van der Waals surface area contributed by atoms with Crippen LogP contribution < -0.4 is 19.6 Å². The molecule has 2 atom stereocenters. The first-order valence-corrected chi connectivity index (χ1v) is 9.62. The lowest BCUT2D eigenvalue weighted by molar-refractivity contribution is 0.723. The van der Waals surface area contributed by atoms with E-state index in [1.165, 1.54) is 0 Å². The van der Waals surface area contributed by atoms with Crippen LogP contribution in [0.1, 0.15) is 13.8 Å². The van der Waals surface area contributed by atoms with Gasteiger partial charge in [-0.25, -0.2) is 9.97 Å². The number of fused-ring (bicyclic) bond motifs is 2. The van der Waals surface area contributed by atoms with E-state index in [9.17, 15) is 0 Å². The number of aromatic nitrogens is 2. The highest BCUT2D eigenvalue weighted by atomic mass is 15.4. The molecule has 5 rings (SSSR count). The zero-order valence-corrected chi connectivity index (χ0v) is 16.6. The van der Waals surface area contributed by atoms with Gasteiger partial charge in [0.05, 0.1) is 11.4 Å². The summed E-state index contributed by atoms with van der Waals surface area (Å²) in [6, 6.07) is 17.0. The predicted octanol–water partition coefficient (Wildman–Crippen LogP) is 4.34. The van der Waals surface area contributed by atoms with Crippen molar-refractivity contribution in [1.29, 1.82) is 0 Å². The van der Waals surface area contributed by atoms with E-state index in [2.05, 4.69) is 93.9 Å². The highest BCUT2D eigenvalue weighted by Crippen LogP contribution is 2.45. The summed E-state index contributed by atoms with van der Waals surface area (Å²) >= 11 is 0. The lowest BCUT2D eigenvalue weighted by Crippen LogP contribution is -2.37. The Bertz CT molecular complexity index is 956. The first-order chi connectivity index (χ1) is 13.6. The summed E-state index contributed by atoms with van der Waals surface area (Å²) in [4.78, 5) is 18.3. The van der Waals surface area contributed by atoms with E-state index in [0.717, 1.165) is 34.4 Å². The number of rotatable bonds is 2. The number of benzene rings is 1. The fourth-order valence-electron chi connectivity index (χ4n) is 4.30. The fraction of sp³-hybridized carbons (Fsp3) is 0.273. The van der Waals surface area contributed by atoms with Crippen LogP contribution >= 0.6 is 0 Å². The van der Waals surface area contributed by atoms with E-state index in [-0.39, 0.29) is 12.3 Å². The Kier molecular flexibility index (Phi) is 3.69.